The summed E-state index contributed by atoms with van der Waals surface area (Å²) in [4.78, 5) is 15.6. The number of para-hydroxylation sites is 1. The highest BCUT2D eigenvalue weighted by Gasteiger charge is 2.30. The number of aromatic carboxylic acids is 1. The van der Waals surface area contributed by atoms with Crippen molar-refractivity contribution in [3.63, 3.8) is 0 Å². The summed E-state index contributed by atoms with van der Waals surface area (Å²) in [6, 6.07) is 21.7. The number of fused-ring (bicyclic) bond motifs is 1. The van der Waals surface area contributed by atoms with Gasteiger partial charge in [0, 0.05) is 22.3 Å². The maximum atomic E-state index is 12.9. The molecule has 1 atom stereocenters. The number of nitrogens with one attached hydrogen (secondary N) is 1. The van der Waals surface area contributed by atoms with Crippen LogP contribution in [0.4, 0.5) is 13.2 Å². The summed E-state index contributed by atoms with van der Waals surface area (Å²) >= 11 is 6.52. The zero-order chi connectivity index (χ0) is 29.0. The highest BCUT2D eigenvalue weighted by atomic mass is 35.5. The monoisotopic (exact) mass is 580 g/mol. The molecule has 1 heterocycles. The zero-order valence-electron chi connectivity index (χ0n) is 22.0. The van der Waals surface area contributed by atoms with Crippen molar-refractivity contribution in [2.75, 3.05) is 6.54 Å². The van der Waals surface area contributed by atoms with Crippen molar-refractivity contribution >= 4 is 17.6 Å². The minimum absolute atomic E-state index is 0.0739. The molecule has 0 saturated carbocycles. The maximum absolute atomic E-state index is 12.9. The van der Waals surface area contributed by atoms with Crippen molar-refractivity contribution in [1.29, 1.82) is 0 Å². The Bertz CT molecular complexity index is 1540. The van der Waals surface area contributed by atoms with Crippen LogP contribution in [0.3, 0.4) is 0 Å². The van der Waals surface area contributed by atoms with Gasteiger partial charge < -0.3 is 15.2 Å². The van der Waals surface area contributed by atoms with E-state index in [2.05, 4.69) is 10.3 Å². The quantitative estimate of drug-likeness (QED) is 0.210. The molecule has 0 saturated heterocycles. The molecule has 0 radical (unpaired) electrons. The van der Waals surface area contributed by atoms with Crippen LogP contribution < -0.4 is 10.1 Å². The molecule has 0 aliphatic heterocycles. The van der Waals surface area contributed by atoms with Crippen LogP contribution in [0.25, 0.3) is 11.1 Å². The number of halogens is 4. The summed E-state index contributed by atoms with van der Waals surface area (Å²) < 4.78 is 44.8. The maximum Gasteiger partial charge on any atom is 0.416 e. The van der Waals surface area contributed by atoms with E-state index in [-0.39, 0.29) is 18.3 Å². The third-order valence-corrected chi connectivity index (χ3v) is 7.60. The van der Waals surface area contributed by atoms with Gasteiger partial charge in [-0.15, -0.1) is 0 Å². The molecular weight excluding hydrogens is 553 g/mol. The van der Waals surface area contributed by atoms with E-state index >= 15 is 0 Å². The number of hydrogen-bond acceptors (Lipinski definition) is 4. The summed E-state index contributed by atoms with van der Waals surface area (Å²) in [6.07, 6.45) is -0.974. The van der Waals surface area contributed by atoms with Crippen LogP contribution in [-0.2, 0) is 25.6 Å². The van der Waals surface area contributed by atoms with Crippen LogP contribution >= 0.6 is 11.6 Å². The largest absolute Gasteiger partial charge is 0.489 e. The van der Waals surface area contributed by atoms with E-state index < -0.39 is 17.7 Å². The van der Waals surface area contributed by atoms with E-state index in [0.717, 1.165) is 71.5 Å². The lowest BCUT2D eigenvalue weighted by Crippen LogP contribution is -2.28. The summed E-state index contributed by atoms with van der Waals surface area (Å²) in [5, 5.41) is 13.3. The highest BCUT2D eigenvalue weighted by molar-refractivity contribution is 6.31. The summed E-state index contributed by atoms with van der Waals surface area (Å²) in [5.41, 5.74) is 4.45. The number of carbonyl (C=O) groups is 1. The number of aromatic nitrogens is 1. The second-order valence-electron chi connectivity index (χ2n) is 9.96. The molecule has 0 bridgehead atoms. The number of nitrogens with zero attached hydrogens (tertiary/aromatic N) is 1. The Morgan fingerprint density at radius 3 is 2.49 bits per heavy atom. The van der Waals surface area contributed by atoms with Crippen molar-refractivity contribution < 1.29 is 27.8 Å². The van der Waals surface area contributed by atoms with Gasteiger partial charge in [0.25, 0.3) is 0 Å². The number of ether oxygens (including phenoxy) is 1. The lowest BCUT2D eigenvalue weighted by Gasteiger charge is -2.26. The first kappa shape index (κ1) is 28.6. The predicted octanol–water partition coefficient (Wildman–Crippen LogP) is 7.91. The smallest absolute Gasteiger partial charge is 0.416 e. The third kappa shape index (κ3) is 6.89. The molecule has 1 aromatic heterocycles. The van der Waals surface area contributed by atoms with Gasteiger partial charge in [-0.3, -0.25) is 0 Å². The minimum atomic E-state index is -4.38. The topological polar surface area (TPSA) is 71.5 Å². The number of rotatable bonds is 9. The number of aryl methyl sites for hydroxylation is 1. The van der Waals surface area contributed by atoms with Crippen molar-refractivity contribution in [3.8, 4) is 16.9 Å². The zero-order valence-corrected chi connectivity index (χ0v) is 22.8. The Hall–Kier alpha value is -3.88. The fraction of sp³-hybridized carbons (Fsp3) is 0.250. The molecule has 9 heteroatoms. The first-order valence-electron chi connectivity index (χ1n) is 13.3. The van der Waals surface area contributed by atoms with Crippen LogP contribution in [-0.4, -0.2) is 22.6 Å². The molecule has 41 heavy (non-hydrogen) atoms. The lowest BCUT2D eigenvalue weighted by atomic mass is 9.91. The van der Waals surface area contributed by atoms with E-state index in [0.29, 0.717) is 17.1 Å². The van der Waals surface area contributed by atoms with Crippen molar-refractivity contribution in [2.45, 2.75) is 44.5 Å². The lowest BCUT2D eigenvalue weighted by molar-refractivity contribution is -0.137. The number of alkyl halides is 3. The standard InChI is InChI=1S/C32H28ClF3N2O3/c33-26-18-22(20-10-12-24(13-11-20)32(34,35)36)8-9-23(26)19-41-30-7-2-1-4-21(30)16-17-37-27-5-3-6-28-25(27)14-15-29(38-28)31(39)40/h1-2,4,7-15,18,27,37H,3,5-6,16-17,19H2,(H,39,40). The van der Waals surface area contributed by atoms with Crippen molar-refractivity contribution in [2.24, 2.45) is 0 Å². The Balaban J connectivity index is 1.20. The molecule has 1 aliphatic rings. The molecule has 5 rings (SSSR count). The van der Waals surface area contributed by atoms with Gasteiger partial charge >= 0.3 is 12.1 Å². The van der Waals surface area contributed by atoms with Crippen molar-refractivity contribution in [3.05, 3.63) is 118 Å². The van der Waals surface area contributed by atoms with E-state index in [1.807, 2.05) is 42.5 Å². The SMILES string of the molecule is O=C(O)c1ccc2c(n1)CCCC2NCCc1ccccc1OCc1ccc(-c2ccc(C(F)(F)F)cc2)cc1Cl. The first-order chi connectivity index (χ1) is 19.7. The molecule has 3 aromatic carbocycles. The van der Waals surface area contributed by atoms with Crippen LogP contribution in [0.2, 0.25) is 5.02 Å². The number of hydrogen-bond donors (Lipinski definition) is 2. The Morgan fingerprint density at radius 2 is 1.76 bits per heavy atom. The van der Waals surface area contributed by atoms with Gasteiger partial charge in [-0.05, 0) is 84.8 Å². The molecule has 0 amide bonds. The second-order valence-corrected chi connectivity index (χ2v) is 10.4. The molecule has 4 aromatic rings. The molecule has 1 aliphatic carbocycles. The summed E-state index contributed by atoms with van der Waals surface area (Å²) in [5.74, 6) is -0.273. The van der Waals surface area contributed by atoms with E-state index in [9.17, 15) is 23.1 Å². The van der Waals surface area contributed by atoms with Gasteiger partial charge in [0.05, 0.1) is 5.56 Å². The van der Waals surface area contributed by atoms with Crippen LogP contribution in [0.5, 0.6) is 5.75 Å². The van der Waals surface area contributed by atoms with Gasteiger partial charge in [0.2, 0.25) is 0 Å². The Kier molecular flexibility index (Phi) is 8.61. The number of carboxylic acid groups (broad SMARTS) is 1. The molecule has 5 nitrogen and oxygen atoms in total. The fourth-order valence-electron chi connectivity index (χ4n) is 5.07. The van der Waals surface area contributed by atoms with Gasteiger partial charge in [-0.2, -0.15) is 13.2 Å². The normalized spacial score (nSPS) is 14.9. The summed E-state index contributed by atoms with van der Waals surface area (Å²) in [7, 11) is 0. The van der Waals surface area contributed by atoms with Crippen LogP contribution in [0.1, 0.15) is 57.3 Å². The molecular formula is C32H28ClF3N2O3. The Morgan fingerprint density at radius 1 is 1.00 bits per heavy atom. The predicted molar refractivity (Wildman–Crippen MR) is 151 cm³/mol. The van der Waals surface area contributed by atoms with Gasteiger partial charge in [0.15, 0.2) is 0 Å². The molecule has 0 spiro atoms. The first-order valence-corrected chi connectivity index (χ1v) is 13.7. The highest BCUT2D eigenvalue weighted by Crippen LogP contribution is 2.33. The molecule has 212 valence electrons. The fourth-order valence-corrected chi connectivity index (χ4v) is 5.31. The van der Waals surface area contributed by atoms with Gasteiger partial charge in [-0.25, -0.2) is 9.78 Å². The molecule has 1 unspecified atom stereocenters. The second kappa shape index (κ2) is 12.3. The van der Waals surface area contributed by atoms with Gasteiger partial charge in [-0.1, -0.05) is 60.1 Å². The number of benzene rings is 3. The average molecular weight is 581 g/mol. The van der Waals surface area contributed by atoms with Gasteiger partial charge in [0.1, 0.15) is 18.1 Å². The van der Waals surface area contributed by atoms with Crippen molar-refractivity contribution in [1.82, 2.24) is 10.3 Å². The van der Waals surface area contributed by atoms with E-state index in [4.69, 9.17) is 16.3 Å². The van der Waals surface area contributed by atoms with Crippen LogP contribution in [0.15, 0.2) is 78.9 Å². The summed E-state index contributed by atoms with van der Waals surface area (Å²) in [6.45, 7) is 0.942. The number of pyridine rings is 1. The Labute approximate surface area is 241 Å². The van der Waals surface area contributed by atoms with E-state index in [1.54, 1.807) is 12.1 Å². The number of carboxylic acids is 1. The molecule has 2 N–H and O–H groups in total. The van der Waals surface area contributed by atoms with E-state index in [1.165, 1.54) is 12.1 Å². The molecule has 0 fully saturated rings. The third-order valence-electron chi connectivity index (χ3n) is 7.25. The average Bonchev–Trinajstić information content (AvgIpc) is 2.96. The minimum Gasteiger partial charge on any atom is -0.489 e. The van der Waals surface area contributed by atoms with Crippen LogP contribution in [0, 0.1) is 0 Å².